The maximum atomic E-state index is 11.4. The standard InChI is InChI=1S/C13H18ClNO4/c1-4-17-11-8-9(15-13(16)19-6-3)7-10(14)12(11)18-5-2/h7-8H,4-6H2,1-3H3,(H,15,16). The van der Waals surface area contributed by atoms with Gasteiger partial charge in [-0.25, -0.2) is 4.79 Å². The fourth-order valence-corrected chi connectivity index (χ4v) is 1.74. The van der Waals surface area contributed by atoms with E-state index in [9.17, 15) is 4.79 Å². The van der Waals surface area contributed by atoms with Crippen LogP contribution in [0.3, 0.4) is 0 Å². The van der Waals surface area contributed by atoms with Gasteiger partial charge >= 0.3 is 6.09 Å². The number of hydrogen-bond donors (Lipinski definition) is 1. The predicted octanol–water partition coefficient (Wildman–Crippen LogP) is 3.71. The van der Waals surface area contributed by atoms with Gasteiger partial charge in [-0.3, -0.25) is 5.32 Å². The zero-order chi connectivity index (χ0) is 14.3. The molecule has 0 saturated heterocycles. The first-order valence-electron chi connectivity index (χ1n) is 6.15. The van der Waals surface area contributed by atoms with E-state index in [2.05, 4.69) is 5.32 Å². The molecule has 0 saturated carbocycles. The van der Waals surface area contributed by atoms with Gasteiger partial charge in [0.1, 0.15) is 0 Å². The van der Waals surface area contributed by atoms with Crippen LogP contribution in [0.15, 0.2) is 12.1 Å². The average molecular weight is 288 g/mol. The third kappa shape index (κ3) is 4.52. The Morgan fingerprint density at radius 1 is 1.16 bits per heavy atom. The van der Waals surface area contributed by atoms with Crippen molar-refractivity contribution in [2.24, 2.45) is 0 Å². The van der Waals surface area contributed by atoms with E-state index < -0.39 is 6.09 Å². The highest BCUT2D eigenvalue weighted by Gasteiger charge is 2.13. The SMILES string of the molecule is CCOC(=O)Nc1cc(Cl)c(OCC)c(OCC)c1. The second-order valence-corrected chi connectivity index (χ2v) is 3.90. The van der Waals surface area contributed by atoms with Crippen LogP contribution in [0, 0.1) is 0 Å². The molecule has 0 unspecified atom stereocenters. The van der Waals surface area contributed by atoms with E-state index in [1.165, 1.54) is 0 Å². The Morgan fingerprint density at radius 2 is 1.84 bits per heavy atom. The van der Waals surface area contributed by atoms with Crippen LogP contribution in [0.4, 0.5) is 10.5 Å². The van der Waals surface area contributed by atoms with Crippen molar-refractivity contribution in [2.45, 2.75) is 20.8 Å². The Bertz CT molecular complexity index is 437. The topological polar surface area (TPSA) is 56.8 Å². The summed E-state index contributed by atoms with van der Waals surface area (Å²) in [5, 5.41) is 2.95. The van der Waals surface area contributed by atoms with Crippen molar-refractivity contribution in [1.82, 2.24) is 0 Å². The van der Waals surface area contributed by atoms with Gasteiger partial charge in [0, 0.05) is 11.8 Å². The number of rotatable bonds is 6. The van der Waals surface area contributed by atoms with Crippen LogP contribution in [0.25, 0.3) is 0 Å². The van der Waals surface area contributed by atoms with Gasteiger partial charge in [-0.15, -0.1) is 0 Å². The molecule has 0 spiro atoms. The molecule has 0 atom stereocenters. The third-order valence-electron chi connectivity index (χ3n) is 2.12. The Hall–Kier alpha value is -1.62. The van der Waals surface area contributed by atoms with E-state index in [0.717, 1.165) is 0 Å². The molecule has 6 heteroatoms. The summed E-state index contributed by atoms with van der Waals surface area (Å²) >= 11 is 6.11. The first kappa shape index (κ1) is 15.4. The predicted molar refractivity (Wildman–Crippen MR) is 74.4 cm³/mol. The van der Waals surface area contributed by atoms with Crippen molar-refractivity contribution in [2.75, 3.05) is 25.1 Å². The molecule has 0 bridgehead atoms. The number of halogens is 1. The molecule has 1 aromatic carbocycles. The minimum atomic E-state index is -0.537. The number of carbonyl (C=O) groups excluding carboxylic acids is 1. The lowest BCUT2D eigenvalue weighted by Gasteiger charge is -2.14. The van der Waals surface area contributed by atoms with Crippen LogP contribution >= 0.6 is 11.6 Å². The second-order valence-electron chi connectivity index (χ2n) is 3.50. The fourth-order valence-electron chi connectivity index (χ4n) is 1.47. The van der Waals surface area contributed by atoms with E-state index in [4.69, 9.17) is 25.8 Å². The highest BCUT2D eigenvalue weighted by Crippen LogP contribution is 2.38. The molecule has 5 nitrogen and oxygen atoms in total. The fraction of sp³-hybridized carbons (Fsp3) is 0.462. The highest BCUT2D eigenvalue weighted by atomic mass is 35.5. The lowest BCUT2D eigenvalue weighted by Crippen LogP contribution is -2.13. The zero-order valence-electron chi connectivity index (χ0n) is 11.3. The third-order valence-corrected chi connectivity index (χ3v) is 2.40. The molecular formula is C13H18ClNO4. The molecule has 1 amide bonds. The Kier molecular flexibility index (Phi) is 6.29. The lowest BCUT2D eigenvalue weighted by atomic mass is 10.2. The van der Waals surface area contributed by atoms with Crippen LogP contribution in [0.1, 0.15) is 20.8 Å². The Morgan fingerprint density at radius 3 is 2.42 bits per heavy atom. The summed E-state index contributed by atoms with van der Waals surface area (Å²) in [5.41, 5.74) is 0.496. The van der Waals surface area contributed by atoms with Crippen molar-refractivity contribution >= 4 is 23.4 Å². The minimum absolute atomic E-state index is 0.301. The largest absolute Gasteiger partial charge is 0.490 e. The van der Waals surface area contributed by atoms with Crippen molar-refractivity contribution in [3.05, 3.63) is 17.2 Å². The molecule has 19 heavy (non-hydrogen) atoms. The molecule has 0 aliphatic rings. The molecule has 1 aromatic rings. The number of nitrogens with one attached hydrogen (secondary N) is 1. The summed E-state index contributed by atoms with van der Waals surface area (Å²) in [7, 11) is 0. The molecule has 0 radical (unpaired) electrons. The Labute approximate surface area is 117 Å². The van der Waals surface area contributed by atoms with Crippen molar-refractivity contribution < 1.29 is 19.0 Å². The van der Waals surface area contributed by atoms with Crippen molar-refractivity contribution in [3.63, 3.8) is 0 Å². The molecule has 0 aliphatic carbocycles. The maximum absolute atomic E-state index is 11.4. The van der Waals surface area contributed by atoms with Gasteiger partial charge in [0.2, 0.25) is 0 Å². The monoisotopic (exact) mass is 287 g/mol. The summed E-state index contributed by atoms with van der Waals surface area (Å²) in [4.78, 5) is 11.4. The molecule has 1 N–H and O–H groups in total. The van der Waals surface area contributed by atoms with Crippen LogP contribution < -0.4 is 14.8 Å². The normalized spacial score (nSPS) is 9.89. The average Bonchev–Trinajstić information content (AvgIpc) is 2.34. The van der Waals surface area contributed by atoms with Gasteiger partial charge in [0.05, 0.1) is 24.8 Å². The van der Waals surface area contributed by atoms with Crippen LogP contribution in [0.2, 0.25) is 5.02 Å². The number of anilines is 1. The molecular weight excluding hydrogens is 270 g/mol. The highest BCUT2D eigenvalue weighted by molar-refractivity contribution is 6.32. The van der Waals surface area contributed by atoms with E-state index in [0.29, 0.717) is 42.0 Å². The van der Waals surface area contributed by atoms with E-state index in [-0.39, 0.29) is 0 Å². The summed E-state index contributed by atoms with van der Waals surface area (Å²) < 4.78 is 15.7. The van der Waals surface area contributed by atoms with Gasteiger partial charge in [-0.2, -0.15) is 0 Å². The van der Waals surface area contributed by atoms with Gasteiger partial charge in [-0.1, -0.05) is 11.6 Å². The number of ether oxygens (including phenoxy) is 3. The van der Waals surface area contributed by atoms with Crippen LogP contribution in [-0.2, 0) is 4.74 Å². The number of carbonyl (C=O) groups is 1. The summed E-state index contributed by atoms with van der Waals surface area (Å²) in [5.74, 6) is 0.962. The quantitative estimate of drug-likeness (QED) is 0.866. The summed E-state index contributed by atoms with van der Waals surface area (Å²) in [6.45, 7) is 6.70. The molecule has 1 rings (SSSR count). The molecule has 106 valence electrons. The molecule has 0 aliphatic heterocycles. The van der Waals surface area contributed by atoms with E-state index in [1.54, 1.807) is 19.1 Å². The van der Waals surface area contributed by atoms with Gasteiger partial charge in [0.25, 0.3) is 0 Å². The smallest absolute Gasteiger partial charge is 0.411 e. The van der Waals surface area contributed by atoms with Gasteiger partial charge in [-0.05, 0) is 26.8 Å². The van der Waals surface area contributed by atoms with Gasteiger partial charge < -0.3 is 14.2 Å². The molecule has 0 heterocycles. The molecule has 0 fully saturated rings. The molecule has 0 aromatic heterocycles. The van der Waals surface area contributed by atoms with E-state index >= 15 is 0 Å². The first-order valence-corrected chi connectivity index (χ1v) is 6.53. The number of hydrogen-bond acceptors (Lipinski definition) is 4. The van der Waals surface area contributed by atoms with E-state index in [1.807, 2.05) is 13.8 Å². The van der Waals surface area contributed by atoms with Gasteiger partial charge in [0.15, 0.2) is 11.5 Å². The minimum Gasteiger partial charge on any atom is -0.490 e. The number of benzene rings is 1. The summed E-state index contributed by atoms with van der Waals surface area (Å²) in [6, 6.07) is 3.24. The Balaban J connectivity index is 2.98. The first-order chi connectivity index (χ1) is 9.12. The second kappa shape index (κ2) is 7.74. The van der Waals surface area contributed by atoms with Crippen molar-refractivity contribution in [1.29, 1.82) is 0 Å². The van der Waals surface area contributed by atoms with Crippen molar-refractivity contribution in [3.8, 4) is 11.5 Å². The van der Waals surface area contributed by atoms with Crippen LogP contribution in [0.5, 0.6) is 11.5 Å². The van der Waals surface area contributed by atoms with Crippen LogP contribution in [-0.4, -0.2) is 25.9 Å². The number of amides is 1. The lowest BCUT2D eigenvalue weighted by molar-refractivity contribution is 0.168. The maximum Gasteiger partial charge on any atom is 0.411 e. The summed E-state index contributed by atoms with van der Waals surface area (Å²) in [6.07, 6.45) is -0.537. The zero-order valence-corrected chi connectivity index (χ0v) is 12.0.